The number of alkyl halides is 2. The molecule has 0 aliphatic carbocycles. The summed E-state index contributed by atoms with van der Waals surface area (Å²) in [5.74, 6) is -0.346. The zero-order valence-corrected chi connectivity index (χ0v) is 13.4. The summed E-state index contributed by atoms with van der Waals surface area (Å²) in [5.41, 5.74) is 0.518. The van der Waals surface area contributed by atoms with E-state index in [1.54, 1.807) is 0 Å². The van der Waals surface area contributed by atoms with Crippen LogP contribution in [0.25, 0.3) is 0 Å². The standard InChI is InChI=1S/C15H13F2N3O4S/c16-14(17)24-12-4-1-10(2-5-12)19-15(25)18-8-9-7-11(20(22)23)3-6-13(9)21/h1-7,14,21H,8H2,(H2,18,19,25)/p-1. The molecule has 10 heteroatoms. The quantitative estimate of drug-likeness (QED) is 0.459. The fraction of sp³-hybridized carbons (Fsp3) is 0.133. The Kier molecular flexibility index (Phi) is 6.01. The zero-order chi connectivity index (χ0) is 18.4. The lowest BCUT2D eigenvalue weighted by atomic mass is 10.2. The minimum atomic E-state index is -2.90. The molecule has 7 nitrogen and oxygen atoms in total. The van der Waals surface area contributed by atoms with Crippen LogP contribution in [-0.2, 0) is 6.54 Å². The van der Waals surface area contributed by atoms with Crippen molar-refractivity contribution >= 4 is 28.7 Å². The second-order valence-corrected chi connectivity index (χ2v) is 5.17. The number of rotatable bonds is 6. The number of non-ortho nitro benzene ring substituents is 1. The van der Waals surface area contributed by atoms with Crippen LogP contribution in [0.1, 0.15) is 5.56 Å². The van der Waals surface area contributed by atoms with E-state index < -0.39 is 11.5 Å². The summed E-state index contributed by atoms with van der Waals surface area (Å²) in [5, 5.41) is 28.1. The number of halogens is 2. The smallest absolute Gasteiger partial charge is 0.387 e. The normalized spacial score (nSPS) is 10.4. The highest BCUT2D eigenvalue weighted by molar-refractivity contribution is 7.80. The van der Waals surface area contributed by atoms with Gasteiger partial charge >= 0.3 is 6.61 Å². The molecular formula is C15H12F2N3O4S-. The number of benzene rings is 2. The minimum Gasteiger partial charge on any atom is -0.872 e. The van der Waals surface area contributed by atoms with Crippen LogP contribution in [0.5, 0.6) is 11.5 Å². The summed E-state index contributed by atoms with van der Waals surface area (Å²) in [6.07, 6.45) is 0. The van der Waals surface area contributed by atoms with Crippen LogP contribution in [0.2, 0.25) is 0 Å². The van der Waals surface area contributed by atoms with Gasteiger partial charge in [0, 0.05) is 24.4 Å². The first kappa shape index (κ1) is 18.3. The summed E-state index contributed by atoms with van der Waals surface area (Å²) in [6.45, 7) is -2.91. The molecule has 0 heterocycles. The largest absolute Gasteiger partial charge is 0.872 e. The van der Waals surface area contributed by atoms with Crippen LogP contribution < -0.4 is 20.5 Å². The number of nitro groups is 1. The summed E-state index contributed by atoms with van der Waals surface area (Å²) in [6, 6.07) is 9.07. The van der Waals surface area contributed by atoms with Crippen molar-refractivity contribution in [3.05, 3.63) is 58.1 Å². The van der Waals surface area contributed by atoms with Crippen LogP contribution in [0.15, 0.2) is 42.5 Å². The Balaban J connectivity index is 1.92. The lowest BCUT2D eigenvalue weighted by Gasteiger charge is -2.15. The molecule has 2 aromatic carbocycles. The van der Waals surface area contributed by atoms with Crippen LogP contribution in [0.3, 0.4) is 0 Å². The van der Waals surface area contributed by atoms with Gasteiger partial charge in [0.15, 0.2) is 5.11 Å². The Labute approximate surface area is 146 Å². The summed E-state index contributed by atoms with van der Waals surface area (Å²) < 4.78 is 28.4. The molecule has 0 amide bonds. The van der Waals surface area contributed by atoms with Gasteiger partial charge in [-0.3, -0.25) is 10.1 Å². The van der Waals surface area contributed by atoms with E-state index >= 15 is 0 Å². The Bertz CT molecular complexity index is 772. The van der Waals surface area contributed by atoms with E-state index in [2.05, 4.69) is 15.4 Å². The molecule has 0 saturated carbocycles. The first-order valence-electron chi connectivity index (χ1n) is 6.89. The molecule has 0 aliphatic rings. The van der Waals surface area contributed by atoms with Crippen LogP contribution in [0.4, 0.5) is 20.2 Å². The van der Waals surface area contributed by atoms with E-state index in [-0.39, 0.29) is 34.4 Å². The van der Waals surface area contributed by atoms with Gasteiger partial charge in [-0.2, -0.15) is 8.78 Å². The highest BCUT2D eigenvalue weighted by Crippen LogP contribution is 2.21. The number of hydrogen-bond donors (Lipinski definition) is 2. The molecule has 132 valence electrons. The van der Waals surface area contributed by atoms with Crippen LogP contribution >= 0.6 is 12.2 Å². The Morgan fingerprint density at radius 3 is 2.52 bits per heavy atom. The lowest BCUT2D eigenvalue weighted by molar-refractivity contribution is -0.385. The molecule has 2 N–H and O–H groups in total. The third-order valence-corrected chi connectivity index (χ3v) is 3.28. The van der Waals surface area contributed by atoms with Gasteiger partial charge in [-0.15, -0.1) is 5.75 Å². The molecule has 0 atom stereocenters. The van der Waals surface area contributed by atoms with E-state index in [1.807, 2.05) is 0 Å². The van der Waals surface area contributed by atoms with Gasteiger partial charge in [-0.25, -0.2) is 0 Å². The fourth-order valence-electron chi connectivity index (χ4n) is 1.89. The van der Waals surface area contributed by atoms with Gasteiger partial charge in [0.2, 0.25) is 0 Å². The number of nitro benzene ring substituents is 1. The minimum absolute atomic E-state index is 0.00107. The molecule has 0 unspecified atom stereocenters. The number of nitrogens with zero attached hydrogens (tertiary/aromatic N) is 1. The second-order valence-electron chi connectivity index (χ2n) is 4.76. The molecule has 0 saturated heterocycles. The topological polar surface area (TPSA) is 99.5 Å². The van der Waals surface area contributed by atoms with Gasteiger partial charge in [-0.05, 0) is 42.0 Å². The highest BCUT2D eigenvalue weighted by Gasteiger charge is 2.08. The molecule has 2 aromatic rings. The van der Waals surface area contributed by atoms with Crippen molar-refractivity contribution in [2.24, 2.45) is 0 Å². The van der Waals surface area contributed by atoms with Crippen LogP contribution in [0, 0.1) is 10.1 Å². The van der Waals surface area contributed by atoms with Gasteiger partial charge in [-0.1, -0.05) is 6.07 Å². The van der Waals surface area contributed by atoms with Gasteiger partial charge in [0.05, 0.1) is 4.92 Å². The number of anilines is 1. The zero-order valence-electron chi connectivity index (χ0n) is 12.6. The summed E-state index contributed by atoms with van der Waals surface area (Å²) in [7, 11) is 0. The maximum Gasteiger partial charge on any atom is 0.387 e. The molecule has 25 heavy (non-hydrogen) atoms. The third-order valence-electron chi connectivity index (χ3n) is 3.03. The maximum absolute atomic E-state index is 12.1. The van der Waals surface area contributed by atoms with E-state index in [1.165, 1.54) is 30.3 Å². The van der Waals surface area contributed by atoms with Gasteiger partial charge in [0.1, 0.15) is 5.75 Å². The average Bonchev–Trinajstić information content (AvgIpc) is 2.55. The van der Waals surface area contributed by atoms with Crippen molar-refractivity contribution in [3.63, 3.8) is 0 Å². The van der Waals surface area contributed by atoms with E-state index in [4.69, 9.17) is 12.2 Å². The molecule has 0 fully saturated rings. The molecule has 0 spiro atoms. The van der Waals surface area contributed by atoms with E-state index in [0.717, 1.165) is 12.1 Å². The van der Waals surface area contributed by atoms with Crippen molar-refractivity contribution in [1.82, 2.24) is 5.32 Å². The van der Waals surface area contributed by atoms with Crippen molar-refractivity contribution in [1.29, 1.82) is 0 Å². The number of thiocarbonyl (C=S) groups is 1. The lowest BCUT2D eigenvalue weighted by Crippen LogP contribution is -2.28. The van der Waals surface area contributed by atoms with Crippen molar-refractivity contribution < 1.29 is 23.5 Å². The molecular weight excluding hydrogens is 356 g/mol. The van der Waals surface area contributed by atoms with Crippen LogP contribution in [-0.4, -0.2) is 16.6 Å². The molecule has 0 aliphatic heterocycles. The molecule has 0 bridgehead atoms. The molecule has 2 rings (SSSR count). The maximum atomic E-state index is 12.1. The van der Waals surface area contributed by atoms with E-state index in [0.29, 0.717) is 5.69 Å². The number of nitrogens with one attached hydrogen (secondary N) is 2. The number of hydrogen-bond acceptors (Lipinski definition) is 5. The fourth-order valence-corrected chi connectivity index (χ4v) is 2.08. The SMILES string of the molecule is O=[N+]([O-])c1ccc([O-])c(CNC(=S)Nc2ccc(OC(F)F)cc2)c1. The third kappa shape index (κ3) is 5.53. The predicted molar refractivity (Wildman–Crippen MR) is 88.7 cm³/mol. The molecule has 0 radical (unpaired) electrons. The van der Waals surface area contributed by atoms with Crippen molar-refractivity contribution in [2.75, 3.05) is 5.32 Å². The van der Waals surface area contributed by atoms with Crippen molar-refractivity contribution in [3.8, 4) is 11.5 Å². The predicted octanol–water partition coefficient (Wildman–Crippen LogP) is 2.76. The second kappa shape index (κ2) is 8.20. The average molecular weight is 368 g/mol. The van der Waals surface area contributed by atoms with Crippen molar-refractivity contribution in [2.45, 2.75) is 13.2 Å². The first-order chi connectivity index (χ1) is 11.8. The summed E-state index contributed by atoms with van der Waals surface area (Å²) >= 11 is 5.06. The molecule has 0 aromatic heterocycles. The Morgan fingerprint density at radius 2 is 1.92 bits per heavy atom. The first-order valence-corrected chi connectivity index (χ1v) is 7.30. The number of ether oxygens (including phenoxy) is 1. The van der Waals surface area contributed by atoms with E-state index in [9.17, 15) is 24.0 Å². The van der Waals surface area contributed by atoms with Gasteiger partial charge < -0.3 is 20.5 Å². The monoisotopic (exact) mass is 368 g/mol. The summed E-state index contributed by atoms with van der Waals surface area (Å²) in [4.78, 5) is 10.1. The Morgan fingerprint density at radius 1 is 1.24 bits per heavy atom. The van der Waals surface area contributed by atoms with Gasteiger partial charge in [0.25, 0.3) is 5.69 Å². The highest BCUT2D eigenvalue weighted by atomic mass is 32.1. The Hall–Kier alpha value is -3.01.